The zero-order chi connectivity index (χ0) is 17.1. The molecular formula is C17H10BrF2NO3. The molecule has 0 aliphatic rings. The molecule has 24 heavy (non-hydrogen) atoms. The lowest BCUT2D eigenvalue weighted by Gasteiger charge is -2.04. The van der Waals surface area contributed by atoms with Crippen molar-refractivity contribution in [3.8, 4) is 11.5 Å². The summed E-state index contributed by atoms with van der Waals surface area (Å²) in [5, 5.41) is 0. The van der Waals surface area contributed by atoms with Crippen molar-refractivity contribution in [3.63, 3.8) is 0 Å². The highest BCUT2D eigenvalue weighted by molar-refractivity contribution is 9.10. The third-order valence-corrected chi connectivity index (χ3v) is 3.80. The average Bonchev–Trinajstić information content (AvgIpc) is 3.02. The summed E-state index contributed by atoms with van der Waals surface area (Å²) in [6.07, 6.45) is 1.35. The van der Waals surface area contributed by atoms with E-state index in [1.165, 1.54) is 48.7 Å². The molecule has 0 aliphatic carbocycles. The quantitative estimate of drug-likeness (QED) is 0.600. The minimum absolute atomic E-state index is 0.104. The minimum Gasteiger partial charge on any atom is -0.455 e. The van der Waals surface area contributed by atoms with Gasteiger partial charge in [0.05, 0.1) is 5.56 Å². The highest BCUT2D eigenvalue weighted by Crippen LogP contribution is 2.21. The van der Waals surface area contributed by atoms with Gasteiger partial charge in [0.25, 0.3) is 0 Å². The van der Waals surface area contributed by atoms with Gasteiger partial charge in [-0.05, 0) is 58.4 Å². The Labute approximate surface area is 144 Å². The maximum absolute atomic E-state index is 13.0. The smallest absolute Gasteiger partial charge is 0.339 e. The molecule has 3 aromatic rings. The first-order chi connectivity index (χ1) is 11.5. The van der Waals surface area contributed by atoms with Crippen molar-refractivity contribution in [1.29, 1.82) is 0 Å². The zero-order valence-electron chi connectivity index (χ0n) is 12.1. The highest BCUT2D eigenvalue weighted by atomic mass is 79.9. The fourth-order valence-corrected chi connectivity index (χ4v) is 2.48. The van der Waals surface area contributed by atoms with Crippen LogP contribution in [0.4, 0.5) is 8.78 Å². The number of oxazole rings is 1. The van der Waals surface area contributed by atoms with Crippen LogP contribution < -0.4 is 0 Å². The van der Waals surface area contributed by atoms with E-state index in [9.17, 15) is 13.6 Å². The Morgan fingerprint density at radius 3 is 2.54 bits per heavy atom. The van der Waals surface area contributed by atoms with Gasteiger partial charge in [0, 0.05) is 10.0 Å². The number of ether oxygens (including phenoxy) is 1. The highest BCUT2D eigenvalue weighted by Gasteiger charge is 2.14. The van der Waals surface area contributed by atoms with Crippen LogP contribution in [0.25, 0.3) is 11.5 Å². The number of hydrogen-bond donors (Lipinski definition) is 0. The average molecular weight is 394 g/mol. The molecule has 0 unspecified atom stereocenters. The molecular weight excluding hydrogens is 384 g/mol. The molecule has 7 heteroatoms. The Morgan fingerprint density at radius 2 is 1.83 bits per heavy atom. The first-order valence-electron chi connectivity index (χ1n) is 6.85. The second kappa shape index (κ2) is 6.92. The van der Waals surface area contributed by atoms with Crippen molar-refractivity contribution in [1.82, 2.24) is 4.98 Å². The van der Waals surface area contributed by atoms with E-state index in [1.54, 1.807) is 0 Å². The van der Waals surface area contributed by atoms with E-state index in [-0.39, 0.29) is 18.0 Å². The topological polar surface area (TPSA) is 52.3 Å². The van der Waals surface area contributed by atoms with Gasteiger partial charge >= 0.3 is 5.97 Å². The molecule has 0 fully saturated rings. The predicted molar refractivity (Wildman–Crippen MR) is 85.1 cm³/mol. The normalized spacial score (nSPS) is 10.6. The number of benzene rings is 2. The molecule has 0 saturated carbocycles. The first-order valence-corrected chi connectivity index (χ1v) is 7.65. The zero-order valence-corrected chi connectivity index (χ0v) is 13.7. The maximum atomic E-state index is 13.0. The SMILES string of the molecule is O=C(OCc1coc(-c2ccc(F)cc2)n1)c1ccc(F)cc1Br. The van der Waals surface area contributed by atoms with E-state index < -0.39 is 11.8 Å². The van der Waals surface area contributed by atoms with E-state index in [4.69, 9.17) is 9.15 Å². The van der Waals surface area contributed by atoms with Gasteiger partial charge in [-0.15, -0.1) is 0 Å². The van der Waals surface area contributed by atoms with E-state index in [2.05, 4.69) is 20.9 Å². The van der Waals surface area contributed by atoms with Gasteiger partial charge in [-0.3, -0.25) is 0 Å². The fraction of sp³-hybridized carbons (Fsp3) is 0.0588. The van der Waals surface area contributed by atoms with E-state index in [0.29, 0.717) is 21.6 Å². The summed E-state index contributed by atoms with van der Waals surface area (Å²) in [7, 11) is 0. The van der Waals surface area contributed by atoms with Crippen molar-refractivity contribution in [3.05, 3.63) is 76.1 Å². The van der Waals surface area contributed by atoms with Crippen LogP contribution >= 0.6 is 15.9 Å². The Balaban J connectivity index is 1.67. The third-order valence-electron chi connectivity index (χ3n) is 3.15. The van der Waals surface area contributed by atoms with Gasteiger partial charge in [-0.25, -0.2) is 18.6 Å². The van der Waals surface area contributed by atoms with Gasteiger partial charge in [-0.1, -0.05) is 0 Å². The number of aromatic nitrogens is 1. The van der Waals surface area contributed by atoms with Crippen LogP contribution in [0.2, 0.25) is 0 Å². The van der Waals surface area contributed by atoms with Crippen LogP contribution in [0.3, 0.4) is 0 Å². The predicted octanol–water partition coefficient (Wildman–Crippen LogP) is 4.74. The Kier molecular flexibility index (Phi) is 4.71. The lowest BCUT2D eigenvalue weighted by molar-refractivity contribution is 0.0466. The number of rotatable bonds is 4. The molecule has 0 atom stereocenters. The second-order valence-corrected chi connectivity index (χ2v) is 5.71. The van der Waals surface area contributed by atoms with Gasteiger partial charge in [0.15, 0.2) is 0 Å². The molecule has 1 heterocycles. The van der Waals surface area contributed by atoms with Crippen molar-refractivity contribution < 1.29 is 22.7 Å². The molecule has 0 saturated heterocycles. The van der Waals surface area contributed by atoms with Gasteiger partial charge in [0.2, 0.25) is 5.89 Å². The molecule has 0 amide bonds. The van der Waals surface area contributed by atoms with Crippen LogP contribution in [0, 0.1) is 11.6 Å². The molecule has 0 aliphatic heterocycles. The number of hydrogen-bond acceptors (Lipinski definition) is 4. The standard InChI is InChI=1S/C17H10BrF2NO3/c18-15-7-12(20)5-6-14(15)17(22)24-9-13-8-23-16(21-13)10-1-3-11(19)4-2-10/h1-8H,9H2. The van der Waals surface area contributed by atoms with Crippen molar-refractivity contribution in [2.45, 2.75) is 6.61 Å². The Bertz CT molecular complexity index is 878. The Hall–Kier alpha value is -2.54. The molecule has 2 aromatic carbocycles. The van der Waals surface area contributed by atoms with Gasteiger partial charge < -0.3 is 9.15 Å². The molecule has 4 nitrogen and oxygen atoms in total. The number of esters is 1. The number of carbonyl (C=O) groups excluding carboxylic acids is 1. The summed E-state index contributed by atoms with van der Waals surface area (Å²) < 4.78 is 36.6. The number of halogens is 3. The Morgan fingerprint density at radius 1 is 1.12 bits per heavy atom. The minimum atomic E-state index is -0.617. The molecule has 0 radical (unpaired) electrons. The van der Waals surface area contributed by atoms with Gasteiger partial charge in [0.1, 0.15) is 30.2 Å². The van der Waals surface area contributed by atoms with Crippen LogP contribution in [0.5, 0.6) is 0 Å². The van der Waals surface area contributed by atoms with Crippen LogP contribution in [0.15, 0.2) is 57.6 Å². The lowest BCUT2D eigenvalue weighted by Crippen LogP contribution is -2.06. The summed E-state index contributed by atoms with van der Waals surface area (Å²) >= 11 is 3.11. The molecule has 0 bridgehead atoms. The molecule has 0 N–H and O–H groups in total. The molecule has 1 aromatic heterocycles. The van der Waals surface area contributed by atoms with Crippen molar-refractivity contribution >= 4 is 21.9 Å². The number of carbonyl (C=O) groups is 1. The van der Waals surface area contributed by atoms with Crippen LogP contribution in [-0.4, -0.2) is 11.0 Å². The third kappa shape index (κ3) is 3.68. The summed E-state index contributed by atoms with van der Waals surface area (Å²) in [5.41, 5.74) is 1.22. The molecule has 3 rings (SSSR count). The van der Waals surface area contributed by atoms with E-state index in [1.807, 2.05) is 0 Å². The van der Waals surface area contributed by atoms with Gasteiger partial charge in [-0.2, -0.15) is 0 Å². The fourth-order valence-electron chi connectivity index (χ4n) is 1.97. The van der Waals surface area contributed by atoms with Crippen LogP contribution in [-0.2, 0) is 11.3 Å². The molecule has 0 spiro atoms. The van der Waals surface area contributed by atoms with Crippen molar-refractivity contribution in [2.75, 3.05) is 0 Å². The molecule has 122 valence electrons. The van der Waals surface area contributed by atoms with E-state index >= 15 is 0 Å². The summed E-state index contributed by atoms with van der Waals surface area (Å²) in [6.45, 7) is -0.104. The lowest BCUT2D eigenvalue weighted by atomic mass is 10.2. The van der Waals surface area contributed by atoms with E-state index in [0.717, 1.165) is 0 Å². The summed E-state index contributed by atoms with van der Waals surface area (Å²) in [5.74, 6) is -1.14. The second-order valence-electron chi connectivity index (χ2n) is 4.85. The van der Waals surface area contributed by atoms with Crippen molar-refractivity contribution in [2.24, 2.45) is 0 Å². The summed E-state index contributed by atoms with van der Waals surface area (Å²) in [4.78, 5) is 16.2. The largest absolute Gasteiger partial charge is 0.455 e. The summed E-state index contributed by atoms with van der Waals surface area (Å²) in [6, 6.07) is 9.34. The first kappa shape index (κ1) is 16.3. The van der Waals surface area contributed by atoms with Crippen LogP contribution in [0.1, 0.15) is 16.1 Å². The maximum Gasteiger partial charge on any atom is 0.339 e. The number of nitrogens with zero attached hydrogens (tertiary/aromatic N) is 1. The monoisotopic (exact) mass is 393 g/mol.